The van der Waals surface area contributed by atoms with Gasteiger partial charge in [-0.15, -0.1) is 0 Å². The Bertz CT molecular complexity index is 6700. The fourth-order valence-corrected chi connectivity index (χ4v) is 24.9. The minimum Gasteiger partial charge on any atom is -0.537 e. The molecule has 0 amide bonds. The quantitative estimate of drug-likeness (QED) is 0.0242. The summed E-state index contributed by atoms with van der Waals surface area (Å²) in [5.74, 6) is 2.14. The Morgan fingerprint density at radius 3 is 0.710 bits per heavy atom. The predicted octanol–water partition coefficient (Wildman–Crippen LogP) is 24.3. The Morgan fingerprint density at radius 1 is 0.234 bits per heavy atom. The molecule has 2 N–H and O–H groups in total. The van der Waals surface area contributed by atoms with Crippen molar-refractivity contribution in [2.45, 2.75) is 0 Å². The summed E-state index contributed by atoms with van der Waals surface area (Å²) < 4.78 is 4.87. The SMILES string of the molecule is Clc1nc(-c2cccc(-c3ccccn3)c2)nc(-c2ccc3ccccc3c2)n1.Clc1nc(Cl)nc(-c2ccc3ccccc3c2)n1.O=[C-]OO.O[B]Oc1cccc(-c2ccccn2)c1.[K].[K].[Pd].c1ccc(P(c2ccccc2)c2ccccc2)cc1.c1ccc(P(c2ccccc2)c2ccccc2)cc1.c1ccc(P(c2ccccc2)c2ccccc2)cc1.c1ccc(P(c2ccccc2)c2ccccc2)cc1. The van der Waals surface area contributed by atoms with Crippen molar-refractivity contribution in [2.24, 2.45) is 0 Å². The molecule has 0 fully saturated rings. The molecule has 0 saturated carbocycles. The van der Waals surface area contributed by atoms with E-state index in [1.807, 2.05) is 140 Å². The molecule has 0 atom stereocenters. The summed E-state index contributed by atoms with van der Waals surface area (Å²) >= 11 is 17.8. The molecule has 0 unspecified atom stereocenters. The van der Waals surface area contributed by atoms with Gasteiger partial charge in [0.2, 0.25) is 15.9 Å². The first-order chi connectivity index (χ1) is 70.1. The van der Waals surface area contributed by atoms with Crippen LogP contribution in [0.3, 0.4) is 0 Å². The summed E-state index contributed by atoms with van der Waals surface area (Å²) in [6.07, 6.45) is 3.51. The van der Waals surface area contributed by atoms with E-state index in [1.54, 1.807) is 18.5 Å². The largest absolute Gasteiger partial charge is 0.569 e. The van der Waals surface area contributed by atoms with Crippen molar-refractivity contribution in [1.29, 1.82) is 0 Å². The number of nitrogens with zero attached hydrogens (tertiary/aromatic N) is 8. The Labute approximate surface area is 966 Å². The summed E-state index contributed by atoms with van der Waals surface area (Å²) in [7, 11) is -1.12. The van der Waals surface area contributed by atoms with Gasteiger partial charge in [-0.25, -0.2) is 10.2 Å². The van der Waals surface area contributed by atoms with Crippen LogP contribution in [0.15, 0.2) is 546 Å². The van der Waals surface area contributed by atoms with Crippen LogP contribution < -0.4 is 68.3 Å². The first-order valence-electron chi connectivity index (χ1n) is 45.2. The molecule has 145 heavy (non-hydrogen) atoms. The van der Waals surface area contributed by atoms with Crippen molar-refractivity contribution in [3.8, 4) is 62.4 Å². The first kappa shape index (κ1) is 112. The standard InChI is InChI=1S/C24H15ClN4.4C18H15P.C13H7Cl2N3.C11H9BNO2.CHO3.2K.Pd/c25-24-28-22(19-9-5-8-18(15-19)21-10-3-4-13-26-21)27-23(29-24)20-12-11-16-6-1-2-7-17(16)14-20;4*1-4-10-16(11-5-1)19(17-12-6-2-7-13-17)18-14-8-3-9-15-18;14-12-16-11(17-13(15)18-12)10-6-5-8-3-1-2-4-9(8)7-10;14-12-15-10-5-3-4-9(8-10)11-6-1-2-7-13-11;2-1-4-3;;;/h1-15H;4*1-15H;1-7H;1-8,14H;3H;;;/q;;;;;;;-1;;;. The molecule has 18 aromatic carbocycles. The molecule has 4 heterocycles. The number of pyridine rings is 2. The Balaban J connectivity index is 0.000000150. The number of hydrogen-bond acceptors (Lipinski definition) is 13. The molecular weight excluding hydrogens is 2070 g/mol. The average Bonchev–Trinajstić information content (AvgIpc) is 0.791. The zero-order chi connectivity index (χ0) is 97.8. The van der Waals surface area contributed by atoms with Gasteiger partial charge >= 0.3 is 7.69 Å². The number of hydrogen-bond donors (Lipinski definition) is 2. The molecule has 22 aromatic rings. The number of halogens is 3. The predicted molar refractivity (Wildman–Crippen MR) is 609 cm³/mol. The van der Waals surface area contributed by atoms with E-state index in [1.165, 1.54) is 69.0 Å². The van der Waals surface area contributed by atoms with E-state index < -0.39 is 31.7 Å². The van der Waals surface area contributed by atoms with E-state index in [0.717, 1.165) is 61.8 Å². The Hall–Kier alpha value is -11.4. The second-order valence-electron chi connectivity index (χ2n) is 30.9. The van der Waals surface area contributed by atoms with Crippen molar-refractivity contribution in [2.75, 3.05) is 0 Å². The molecule has 13 nitrogen and oxygen atoms in total. The maximum Gasteiger partial charge on any atom is 0.569 e. The van der Waals surface area contributed by atoms with E-state index in [-0.39, 0.29) is 139 Å². The third kappa shape index (κ3) is 34.3. The van der Waals surface area contributed by atoms with Crippen molar-refractivity contribution >= 4 is 269 Å². The molecule has 0 bridgehead atoms. The van der Waals surface area contributed by atoms with Crippen LogP contribution in [0.25, 0.3) is 78.2 Å². The van der Waals surface area contributed by atoms with E-state index in [9.17, 15) is 0 Å². The van der Waals surface area contributed by atoms with E-state index >= 15 is 0 Å². The van der Waals surface area contributed by atoms with Gasteiger partial charge in [0.25, 0.3) is 0 Å². The maximum atomic E-state index is 8.58. The summed E-state index contributed by atoms with van der Waals surface area (Å²) in [6, 6.07) is 184. The summed E-state index contributed by atoms with van der Waals surface area (Å²) in [5, 5.41) is 37.2. The second kappa shape index (κ2) is 61.9. The maximum absolute atomic E-state index is 8.58. The molecule has 0 spiro atoms. The van der Waals surface area contributed by atoms with Crippen LogP contribution in [0, 0.1) is 0 Å². The zero-order valence-corrected chi connectivity index (χ0v) is 92.6. The van der Waals surface area contributed by atoms with Gasteiger partial charge in [0, 0.05) is 163 Å². The van der Waals surface area contributed by atoms with Gasteiger partial charge in [-0.2, -0.15) is 24.9 Å². The molecule has 0 aliphatic carbocycles. The first-order valence-corrected chi connectivity index (χ1v) is 51.7. The van der Waals surface area contributed by atoms with Gasteiger partial charge in [-0.05, 0) is 213 Å². The molecule has 22 rings (SSSR count). The van der Waals surface area contributed by atoms with E-state index in [4.69, 9.17) is 54.5 Å². The molecule has 3 radical (unpaired) electrons. The monoisotopic (exact) mass is 2160 g/mol. The van der Waals surface area contributed by atoms with Gasteiger partial charge < -0.3 is 19.4 Å². The number of fused-ring (bicyclic) bond motifs is 2. The van der Waals surface area contributed by atoms with Gasteiger partial charge in [-0.3, -0.25) is 9.97 Å². The van der Waals surface area contributed by atoms with Crippen LogP contribution in [0.4, 0.5) is 0 Å². The molecule has 703 valence electrons. The molecule has 0 saturated heterocycles. The van der Waals surface area contributed by atoms with Crippen molar-refractivity contribution in [3.63, 3.8) is 0 Å². The molecule has 4 aromatic heterocycles. The van der Waals surface area contributed by atoms with Gasteiger partial charge in [0.15, 0.2) is 17.5 Å². The zero-order valence-electron chi connectivity index (χ0n) is 79.0. The van der Waals surface area contributed by atoms with Gasteiger partial charge in [-0.1, -0.05) is 479 Å². The third-order valence-corrected chi connectivity index (χ3v) is 31.8. The molecular formula is C121H92BCl3K2N8O5P4Pd-. The fraction of sp³-hybridized carbons (Fsp3) is 0. The molecule has 0 aliphatic rings. The van der Waals surface area contributed by atoms with Crippen LogP contribution >= 0.6 is 66.5 Å². The van der Waals surface area contributed by atoms with Crippen LogP contribution in [-0.2, 0) is 30.1 Å². The van der Waals surface area contributed by atoms with Crippen LogP contribution in [0.1, 0.15) is 0 Å². The van der Waals surface area contributed by atoms with Crippen LogP contribution in [0.2, 0.25) is 15.9 Å². The summed E-state index contributed by atoms with van der Waals surface area (Å²) in [5.41, 5.74) is 6.33. The smallest absolute Gasteiger partial charge is 0.537 e. The fourth-order valence-electron chi connectivity index (χ4n) is 15.1. The van der Waals surface area contributed by atoms with Crippen molar-refractivity contribution in [3.05, 3.63) is 562 Å². The Morgan fingerprint density at radius 2 is 0.455 bits per heavy atom. The van der Waals surface area contributed by atoms with E-state index in [0.29, 0.717) is 30.9 Å². The number of rotatable bonds is 20. The molecule has 0 aliphatic heterocycles. The number of aromatic nitrogens is 8. The number of carbonyl (C=O) groups excluding carboxylic acids is 1. The second-order valence-corrected chi connectivity index (χ2v) is 40.8. The minimum atomic E-state index is -0.446. The van der Waals surface area contributed by atoms with E-state index in [2.05, 4.69) is 433 Å². The minimum absolute atomic E-state index is 0. The average molecular weight is 2160 g/mol. The summed E-state index contributed by atoms with van der Waals surface area (Å²) in [6.45, 7) is 0.736. The normalized spacial score (nSPS) is 10.2. The number of benzene rings is 18. The van der Waals surface area contributed by atoms with Gasteiger partial charge in [0.05, 0.1) is 11.4 Å². The summed E-state index contributed by atoms with van der Waals surface area (Å²) in [4.78, 5) is 45.2. The van der Waals surface area contributed by atoms with Crippen molar-refractivity contribution < 1.29 is 45.0 Å². The Kier molecular flexibility index (Phi) is 47.9. The van der Waals surface area contributed by atoms with Crippen LogP contribution in [0.5, 0.6) is 5.75 Å². The van der Waals surface area contributed by atoms with Crippen molar-refractivity contribution in [1.82, 2.24) is 39.9 Å². The topological polar surface area (TPSA) is 179 Å². The van der Waals surface area contributed by atoms with Gasteiger partial charge in [0.1, 0.15) is 5.75 Å². The molecule has 24 heteroatoms. The van der Waals surface area contributed by atoms with Crippen LogP contribution in [-0.4, -0.2) is 167 Å². The third-order valence-electron chi connectivity index (χ3n) is 21.5.